The van der Waals surface area contributed by atoms with Crippen LogP contribution < -0.4 is 5.32 Å². The smallest absolute Gasteiger partial charge is 0.214 e. The van der Waals surface area contributed by atoms with Crippen LogP contribution in [0.25, 0.3) is 0 Å². The first-order valence-electron chi connectivity index (χ1n) is 6.26. The van der Waals surface area contributed by atoms with Crippen LogP contribution >= 0.6 is 0 Å². The van der Waals surface area contributed by atoms with Gasteiger partial charge < -0.3 is 5.32 Å². The maximum absolute atomic E-state index is 12.1. The van der Waals surface area contributed by atoms with E-state index in [4.69, 9.17) is 0 Å². The third kappa shape index (κ3) is 4.76. The lowest BCUT2D eigenvalue weighted by molar-refractivity contribution is 0.422. The second-order valence-electron chi connectivity index (χ2n) is 4.18. The van der Waals surface area contributed by atoms with Gasteiger partial charge in [-0.2, -0.15) is 4.31 Å². The van der Waals surface area contributed by atoms with Crippen molar-refractivity contribution >= 4 is 10.0 Å². The number of hydrogen-bond donors (Lipinski definition) is 1. The van der Waals surface area contributed by atoms with E-state index in [1.165, 1.54) is 4.31 Å². The fraction of sp³-hybridized carbons (Fsp3) is 0.538. The summed E-state index contributed by atoms with van der Waals surface area (Å²) in [6, 6.07) is 9.69. The first kappa shape index (κ1) is 15.1. The number of benzene rings is 1. The predicted octanol–water partition coefficient (Wildman–Crippen LogP) is 1.45. The number of rotatable bonds is 8. The van der Waals surface area contributed by atoms with Gasteiger partial charge in [0, 0.05) is 13.1 Å². The van der Waals surface area contributed by atoms with E-state index in [2.05, 4.69) is 5.32 Å². The third-order valence-electron chi connectivity index (χ3n) is 2.78. The summed E-state index contributed by atoms with van der Waals surface area (Å²) in [5.41, 5.74) is 1.02. The Morgan fingerprint density at radius 3 is 2.44 bits per heavy atom. The second kappa shape index (κ2) is 7.51. The molecular formula is C13H22N2O2S. The molecule has 1 N–H and O–H groups in total. The molecule has 1 aromatic rings. The molecule has 0 heterocycles. The van der Waals surface area contributed by atoms with Gasteiger partial charge in [0.05, 0.1) is 5.75 Å². The molecule has 18 heavy (non-hydrogen) atoms. The lowest BCUT2D eigenvalue weighted by Gasteiger charge is -2.20. The molecule has 102 valence electrons. The van der Waals surface area contributed by atoms with Crippen LogP contribution in [0.5, 0.6) is 0 Å². The van der Waals surface area contributed by atoms with E-state index >= 15 is 0 Å². The molecule has 0 aromatic heterocycles. The molecule has 0 aliphatic heterocycles. The Labute approximate surface area is 110 Å². The molecule has 0 amide bonds. The molecule has 5 heteroatoms. The number of nitrogens with zero attached hydrogens (tertiary/aromatic N) is 1. The molecule has 0 saturated carbocycles. The zero-order chi connectivity index (χ0) is 13.4. The highest BCUT2D eigenvalue weighted by atomic mass is 32.2. The fourth-order valence-electron chi connectivity index (χ4n) is 1.75. The van der Waals surface area contributed by atoms with Crippen molar-refractivity contribution in [2.24, 2.45) is 0 Å². The van der Waals surface area contributed by atoms with Crippen molar-refractivity contribution in [2.45, 2.75) is 19.9 Å². The largest absolute Gasteiger partial charge is 0.320 e. The zero-order valence-electron chi connectivity index (χ0n) is 11.1. The minimum absolute atomic E-state index is 0.203. The summed E-state index contributed by atoms with van der Waals surface area (Å²) in [4.78, 5) is 0. The quantitative estimate of drug-likeness (QED) is 0.727. The van der Waals surface area contributed by atoms with E-state index in [9.17, 15) is 8.42 Å². The molecule has 0 aliphatic rings. The topological polar surface area (TPSA) is 49.4 Å². The molecule has 0 radical (unpaired) electrons. The van der Waals surface area contributed by atoms with Crippen molar-refractivity contribution < 1.29 is 8.42 Å². The maximum atomic E-state index is 12.1. The van der Waals surface area contributed by atoms with Gasteiger partial charge in [-0.1, -0.05) is 37.3 Å². The van der Waals surface area contributed by atoms with Gasteiger partial charge in [0.15, 0.2) is 0 Å². The van der Waals surface area contributed by atoms with Gasteiger partial charge in [0.2, 0.25) is 10.0 Å². The minimum Gasteiger partial charge on any atom is -0.320 e. The van der Waals surface area contributed by atoms with E-state index in [0.29, 0.717) is 19.5 Å². The Morgan fingerprint density at radius 2 is 1.89 bits per heavy atom. The molecule has 1 aromatic carbocycles. The van der Waals surface area contributed by atoms with Crippen LogP contribution in [0.15, 0.2) is 30.3 Å². The van der Waals surface area contributed by atoms with Crippen molar-refractivity contribution in [1.29, 1.82) is 0 Å². The lowest BCUT2D eigenvalue weighted by Crippen LogP contribution is -2.33. The summed E-state index contributed by atoms with van der Waals surface area (Å²) in [5, 5.41) is 2.96. The molecule has 4 nitrogen and oxygen atoms in total. The number of nitrogens with one attached hydrogen (secondary N) is 1. The molecule has 0 atom stereocenters. The predicted molar refractivity (Wildman–Crippen MR) is 74.9 cm³/mol. The van der Waals surface area contributed by atoms with Crippen molar-refractivity contribution in [3.63, 3.8) is 0 Å². The van der Waals surface area contributed by atoms with Crippen LogP contribution in [0.3, 0.4) is 0 Å². The molecule has 0 spiro atoms. The normalized spacial score (nSPS) is 11.9. The van der Waals surface area contributed by atoms with E-state index in [1.54, 1.807) is 0 Å². The van der Waals surface area contributed by atoms with Crippen LogP contribution in [0.2, 0.25) is 0 Å². The monoisotopic (exact) mass is 270 g/mol. The standard InChI is InChI=1S/C13H22N2O2S/c1-3-15(12-13-8-5-4-6-9-13)18(16,17)11-7-10-14-2/h4-6,8-9,14H,3,7,10-12H2,1-2H3. The highest BCUT2D eigenvalue weighted by Crippen LogP contribution is 2.10. The first-order chi connectivity index (χ1) is 8.60. The van der Waals surface area contributed by atoms with Gasteiger partial charge in [0.1, 0.15) is 0 Å². The third-order valence-corrected chi connectivity index (χ3v) is 4.76. The zero-order valence-corrected chi connectivity index (χ0v) is 11.9. The second-order valence-corrected chi connectivity index (χ2v) is 6.27. The summed E-state index contributed by atoms with van der Waals surface area (Å²) < 4.78 is 25.8. The molecule has 0 aliphatic carbocycles. The molecule has 0 fully saturated rings. The van der Waals surface area contributed by atoms with E-state index in [1.807, 2.05) is 44.3 Å². The minimum atomic E-state index is -3.15. The van der Waals surface area contributed by atoms with Crippen molar-refractivity contribution in [3.05, 3.63) is 35.9 Å². The van der Waals surface area contributed by atoms with Crippen LogP contribution in [-0.2, 0) is 16.6 Å². The summed E-state index contributed by atoms with van der Waals surface area (Å²) in [6.45, 7) is 3.57. The summed E-state index contributed by atoms with van der Waals surface area (Å²) in [7, 11) is -1.32. The summed E-state index contributed by atoms with van der Waals surface area (Å²) >= 11 is 0. The molecule has 0 unspecified atom stereocenters. The Kier molecular flexibility index (Phi) is 6.32. The Balaban J connectivity index is 2.65. The van der Waals surface area contributed by atoms with E-state index < -0.39 is 10.0 Å². The van der Waals surface area contributed by atoms with Crippen molar-refractivity contribution in [2.75, 3.05) is 25.9 Å². The van der Waals surface area contributed by atoms with Gasteiger partial charge in [-0.15, -0.1) is 0 Å². The Bertz CT molecular complexity index is 432. The first-order valence-corrected chi connectivity index (χ1v) is 7.87. The SMILES string of the molecule is CCN(Cc1ccccc1)S(=O)(=O)CCCNC. The average molecular weight is 270 g/mol. The van der Waals surface area contributed by atoms with E-state index in [0.717, 1.165) is 12.1 Å². The van der Waals surface area contributed by atoms with Gasteiger partial charge in [0.25, 0.3) is 0 Å². The number of sulfonamides is 1. The Morgan fingerprint density at radius 1 is 1.22 bits per heavy atom. The van der Waals surface area contributed by atoms with Crippen LogP contribution in [0, 0.1) is 0 Å². The molecule has 0 bridgehead atoms. The highest BCUT2D eigenvalue weighted by molar-refractivity contribution is 7.89. The molecule has 1 rings (SSSR count). The average Bonchev–Trinajstić information content (AvgIpc) is 2.37. The van der Waals surface area contributed by atoms with Crippen molar-refractivity contribution in [3.8, 4) is 0 Å². The van der Waals surface area contributed by atoms with Gasteiger partial charge in [-0.05, 0) is 25.6 Å². The van der Waals surface area contributed by atoms with Crippen LogP contribution in [-0.4, -0.2) is 38.6 Å². The lowest BCUT2D eigenvalue weighted by atomic mass is 10.2. The van der Waals surface area contributed by atoms with Gasteiger partial charge >= 0.3 is 0 Å². The Hall–Kier alpha value is -0.910. The molecule has 0 saturated heterocycles. The number of hydrogen-bond acceptors (Lipinski definition) is 3. The molecular weight excluding hydrogens is 248 g/mol. The highest BCUT2D eigenvalue weighted by Gasteiger charge is 2.19. The van der Waals surface area contributed by atoms with Crippen molar-refractivity contribution in [1.82, 2.24) is 9.62 Å². The van der Waals surface area contributed by atoms with Crippen LogP contribution in [0.1, 0.15) is 18.9 Å². The summed E-state index contributed by atoms with van der Waals surface area (Å²) in [6.07, 6.45) is 0.643. The van der Waals surface area contributed by atoms with E-state index in [-0.39, 0.29) is 5.75 Å². The summed E-state index contributed by atoms with van der Waals surface area (Å²) in [5.74, 6) is 0.203. The van der Waals surface area contributed by atoms with Crippen LogP contribution in [0.4, 0.5) is 0 Å². The van der Waals surface area contributed by atoms with Gasteiger partial charge in [-0.3, -0.25) is 0 Å². The maximum Gasteiger partial charge on any atom is 0.214 e. The fourth-order valence-corrected chi connectivity index (χ4v) is 3.26. The van der Waals surface area contributed by atoms with Gasteiger partial charge in [-0.25, -0.2) is 8.42 Å².